The van der Waals surface area contributed by atoms with E-state index in [0.29, 0.717) is 5.92 Å². The van der Waals surface area contributed by atoms with E-state index in [1.54, 1.807) is 11.3 Å². The molecule has 2 aromatic rings. The van der Waals surface area contributed by atoms with Gasteiger partial charge < -0.3 is 5.32 Å². The number of fused-ring (bicyclic) bond motifs is 3. The smallest absolute Gasteiger partial charge is 0.183 e. The predicted octanol–water partition coefficient (Wildman–Crippen LogP) is 3.51. The monoisotopic (exact) mass is 230 g/mol. The van der Waals surface area contributed by atoms with Gasteiger partial charge >= 0.3 is 0 Å². The summed E-state index contributed by atoms with van der Waals surface area (Å²) >= 11 is 1.78. The topological polar surface area (TPSA) is 24.9 Å². The van der Waals surface area contributed by atoms with Crippen LogP contribution in [-0.4, -0.2) is 12.0 Å². The van der Waals surface area contributed by atoms with Gasteiger partial charge in [-0.3, -0.25) is 0 Å². The van der Waals surface area contributed by atoms with Crippen molar-refractivity contribution in [2.24, 2.45) is 0 Å². The van der Waals surface area contributed by atoms with Crippen molar-refractivity contribution in [1.82, 2.24) is 4.98 Å². The van der Waals surface area contributed by atoms with E-state index in [4.69, 9.17) is 0 Å². The van der Waals surface area contributed by atoms with Gasteiger partial charge in [0.15, 0.2) is 5.13 Å². The molecule has 3 rings (SSSR count). The highest BCUT2D eigenvalue weighted by molar-refractivity contribution is 7.16. The van der Waals surface area contributed by atoms with E-state index in [9.17, 15) is 0 Å². The Bertz CT molecular complexity index is 530. The lowest BCUT2D eigenvalue weighted by Gasteiger charge is -2.20. The van der Waals surface area contributed by atoms with Gasteiger partial charge in [0, 0.05) is 17.5 Å². The van der Waals surface area contributed by atoms with Gasteiger partial charge in [0.1, 0.15) is 0 Å². The first-order valence-electron chi connectivity index (χ1n) is 5.56. The Morgan fingerprint density at radius 1 is 1.38 bits per heavy atom. The molecule has 1 atom stereocenters. The minimum atomic E-state index is 0.605. The van der Waals surface area contributed by atoms with Crippen LogP contribution in [0.15, 0.2) is 24.3 Å². The summed E-state index contributed by atoms with van der Waals surface area (Å²) in [4.78, 5) is 6.06. The third kappa shape index (κ3) is 1.35. The molecule has 1 aliphatic carbocycles. The summed E-state index contributed by atoms with van der Waals surface area (Å²) in [5.74, 6) is 0.605. The fourth-order valence-electron chi connectivity index (χ4n) is 2.34. The van der Waals surface area contributed by atoms with Crippen molar-refractivity contribution >= 4 is 16.5 Å². The van der Waals surface area contributed by atoms with E-state index >= 15 is 0 Å². The SMILES string of the molecule is CNc1nc2c(s1)CC(C)c1ccccc1-2. The lowest BCUT2D eigenvalue weighted by atomic mass is 9.86. The van der Waals surface area contributed by atoms with Crippen LogP contribution < -0.4 is 5.32 Å². The molecule has 82 valence electrons. The third-order valence-electron chi connectivity index (χ3n) is 3.15. The van der Waals surface area contributed by atoms with E-state index in [0.717, 1.165) is 11.6 Å². The van der Waals surface area contributed by atoms with Crippen LogP contribution in [0.25, 0.3) is 11.3 Å². The van der Waals surface area contributed by atoms with Crippen LogP contribution in [0.3, 0.4) is 0 Å². The van der Waals surface area contributed by atoms with Crippen molar-refractivity contribution in [3.05, 3.63) is 34.7 Å². The average Bonchev–Trinajstić information content (AvgIpc) is 2.72. The van der Waals surface area contributed by atoms with Crippen molar-refractivity contribution in [2.45, 2.75) is 19.3 Å². The summed E-state index contributed by atoms with van der Waals surface area (Å²) < 4.78 is 0. The Balaban J connectivity index is 2.22. The molecule has 1 N–H and O–H groups in total. The lowest BCUT2D eigenvalue weighted by Crippen LogP contribution is -2.06. The second kappa shape index (κ2) is 3.59. The van der Waals surface area contributed by atoms with Crippen molar-refractivity contribution < 1.29 is 0 Å². The molecule has 0 fully saturated rings. The maximum absolute atomic E-state index is 4.65. The summed E-state index contributed by atoms with van der Waals surface area (Å²) in [6, 6.07) is 8.62. The molecule has 1 heterocycles. The van der Waals surface area contributed by atoms with Gasteiger partial charge in [-0.15, -0.1) is 11.3 Å². The van der Waals surface area contributed by atoms with Gasteiger partial charge in [0.2, 0.25) is 0 Å². The van der Waals surface area contributed by atoms with Crippen molar-refractivity contribution in [3.63, 3.8) is 0 Å². The first kappa shape index (κ1) is 9.85. The zero-order chi connectivity index (χ0) is 11.1. The number of aromatic nitrogens is 1. The molecule has 0 saturated heterocycles. The van der Waals surface area contributed by atoms with Crippen LogP contribution in [0.2, 0.25) is 0 Å². The van der Waals surface area contributed by atoms with Gasteiger partial charge in [-0.2, -0.15) is 0 Å². The Morgan fingerprint density at radius 2 is 2.19 bits per heavy atom. The maximum atomic E-state index is 4.65. The average molecular weight is 230 g/mol. The number of hydrogen-bond acceptors (Lipinski definition) is 3. The number of nitrogens with one attached hydrogen (secondary N) is 1. The van der Waals surface area contributed by atoms with Gasteiger partial charge in [-0.05, 0) is 17.9 Å². The van der Waals surface area contributed by atoms with Crippen LogP contribution in [-0.2, 0) is 6.42 Å². The van der Waals surface area contributed by atoms with Gasteiger partial charge in [0.25, 0.3) is 0 Å². The molecular weight excluding hydrogens is 216 g/mol. The number of nitrogens with zero attached hydrogens (tertiary/aromatic N) is 1. The fraction of sp³-hybridized carbons (Fsp3) is 0.308. The Labute approximate surface area is 99.4 Å². The summed E-state index contributed by atoms with van der Waals surface area (Å²) in [7, 11) is 1.93. The predicted molar refractivity (Wildman–Crippen MR) is 69.2 cm³/mol. The minimum absolute atomic E-state index is 0.605. The van der Waals surface area contributed by atoms with E-state index in [1.807, 2.05) is 7.05 Å². The second-order valence-corrected chi connectivity index (χ2v) is 5.32. The Kier molecular flexibility index (Phi) is 2.21. The largest absolute Gasteiger partial charge is 0.365 e. The van der Waals surface area contributed by atoms with Crippen LogP contribution in [0, 0.1) is 0 Å². The van der Waals surface area contributed by atoms with Gasteiger partial charge in [-0.25, -0.2) is 4.98 Å². The van der Waals surface area contributed by atoms with Crippen LogP contribution in [0.5, 0.6) is 0 Å². The zero-order valence-corrected chi connectivity index (χ0v) is 10.3. The molecule has 1 unspecified atom stereocenters. The molecule has 1 aromatic heterocycles. The zero-order valence-electron chi connectivity index (χ0n) is 9.45. The van der Waals surface area contributed by atoms with Crippen LogP contribution in [0.4, 0.5) is 5.13 Å². The lowest BCUT2D eigenvalue weighted by molar-refractivity contribution is 0.757. The van der Waals surface area contributed by atoms with Crippen molar-refractivity contribution in [1.29, 1.82) is 0 Å². The van der Waals surface area contributed by atoms with E-state index in [1.165, 1.54) is 21.7 Å². The normalized spacial score (nSPS) is 17.8. The molecular formula is C13H14N2S. The summed E-state index contributed by atoms with van der Waals surface area (Å²) in [6.07, 6.45) is 1.12. The molecule has 3 heteroatoms. The van der Waals surface area contributed by atoms with E-state index < -0.39 is 0 Å². The number of thiazole rings is 1. The summed E-state index contributed by atoms with van der Waals surface area (Å²) in [5, 5.41) is 4.16. The van der Waals surface area contributed by atoms with Crippen molar-refractivity contribution in [3.8, 4) is 11.3 Å². The molecule has 16 heavy (non-hydrogen) atoms. The first-order valence-corrected chi connectivity index (χ1v) is 6.38. The minimum Gasteiger partial charge on any atom is -0.365 e. The first-order chi connectivity index (χ1) is 7.79. The highest BCUT2D eigenvalue weighted by Gasteiger charge is 2.24. The molecule has 0 saturated carbocycles. The maximum Gasteiger partial charge on any atom is 0.183 e. The summed E-state index contributed by atoms with van der Waals surface area (Å²) in [6.45, 7) is 2.29. The van der Waals surface area contributed by atoms with Crippen LogP contribution >= 0.6 is 11.3 Å². The highest BCUT2D eigenvalue weighted by atomic mass is 32.1. The molecule has 2 nitrogen and oxygen atoms in total. The fourth-order valence-corrected chi connectivity index (χ4v) is 3.40. The molecule has 0 radical (unpaired) electrons. The Morgan fingerprint density at radius 3 is 3.00 bits per heavy atom. The van der Waals surface area contributed by atoms with Crippen molar-refractivity contribution in [2.75, 3.05) is 12.4 Å². The van der Waals surface area contributed by atoms with Crippen LogP contribution in [0.1, 0.15) is 23.3 Å². The quantitative estimate of drug-likeness (QED) is 0.811. The molecule has 0 amide bonds. The standard InChI is InChI=1S/C13H14N2S/c1-8-7-11-12(15-13(14-2)16-11)10-6-4-3-5-9(8)10/h3-6,8H,7H2,1-2H3,(H,14,15). The molecule has 0 aliphatic heterocycles. The van der Waals surface area contributed by atoms with Gasteiger partial charge in [0.05, 0.1) is 5.69 Å². The molecule has 0 spiro atoms. The van der Waals surface area contributed by atoms with Gasteiger partial charge in [-0.1, -0.05) is 31.2 Å². The Hall–Kier alpha value is -1.35. The third-order valence-corrected chi connectivity index (χ3v) is 4.24. The number of rotatable bonds is 1. The highest BCUT2D eigenvalue weighted by Crippen LogP contribution is 2.42. The second-order valence-electron chi connectivity index (χ2n) is 4.23. The molecule has 1 aromatic carbocycles. The van der Waals surface area contributed by atoms with E-state index in [2.05, 4.69) is 41.5 Å². The molecule has 1 aliphatic rings. The number of benzene rings is 1. The summed E-state index contributed by atoms with van der Waals surface area (Å²) in [5.41, 5.74) is 3.93. The number of anilines is 1. The molecule has 0 bridgehead atoms. The number of hydrogen-bond donors (Lipinski definition) is 1. The van der Waals surface area contributed by atoms with E-state index in [-0.39, 0.29) is 0 Å².